The summed E-state index contributed by atoms with van der Waals surface area (Å²) in [7, 11) is 1.66. The molecule has 0 spiro atoms. The van der Waals surface area contributed by atoms with Gasteiger partial charge in [-0.1, -0.05) is 12.1 Å². The van der Waals surface area contributed by atoms with Crippen LogP contribution in [0, 0.1) is 0 Å². The molecule has 1 aromatic rings. The molecule has 2 rings (SSSR count). The summed E-state index contributed by atoms with van der Waals surface area (Å²) in [6.45, 7) is 7.34. The normalized spacial score (nSPS) is 26.0. The molecule has 0 aliphatic carbocycles. The van der Waals surface area contributed by atoms with Crippen molar-refractivity contribution in [2.24, 2.45) is 0 Å². The van der Waals surface area contributed by atoms with Gasteiger partial charge in [0, 0.05) is 0 Å². The number of ether oxygens (including phenoxy) is 4. The van der Waals surface area contributed by atoms with Gasteiger partial charge in [-0.05, 0) is 56.5 Å². The smallest absolute Gasteiger partial charge is 0.177 e. The van der Waals surface area contributed by atoms with E-state index in [2.05, 4.69) is 13.8 Å². The van der Waals surface area contributed by atoms with Gasteiger partial charge in [0.25, 0.3) is 0 Å². The Balaban J connectivity index is 1.76. The molecule has 1 fully saturated rings. The fraction of sp³-hybridized carbons (Fsp3) is 0.556. The van der Waals surface area contributed by atoms with Crippen LogP contribution in [0.2, 0.25) is 0 Å². The summed E-state index contributed by atoms with van der Waals surface area (Å²) in [4.78, 5) is 0. The topological polar surface area (TPSA) is 36.9 Å². The van der Waals surface area contributed by atoms with E-state index in [1.807, 2.05) is 37.3 Å². The molecule has 1 heterocycles. The summed E-state index contributed by atoms with van der Waals surface area (Å²) in [6, 6.07) is 7.89. The standard InChI is InChI=1S/C18H26O4/c1-13(9-18-21-14(2)10-15(3)22-18)11-20-12-16-5-7-17(19-4)8-6-16/h5-9,14-15,18H,10-12H2,1-4H3/b13-9+. The van der Waals surface area contributed by atoms with Crippen LogP contribution in [0.25, 0.3) is 0 Å². The van der Waals surface area contributed by atoms with Crippen LogP contribution in [0.15, 0.2) is 35.9 Å². The fourth-order valence-electron chi connectivity index (χ4n) is 2.48. The SMILES string of the molecule is COc1ccc(COC/C(C)=C/C2OC(C)CC(C)O2)cc1. The van der Waals surface area contributed by atoms with Gasteiger partial charge in [0.05, 0.1) is 32.5 Å². The zero-order valence-corrected chi connectivity index (χ0v) is 13.9. The zero-order valence-electron chi connectivity index (χ0n) is 13.9. The van der Waals surface area contributed by atoms with E-state index in [1.165, 1.54) is 0 Å². The van der Waals surface area contributed by atoms with Crippen molar-refractivity contribution >= 4 is 0 Å². The number of methoxy groups -OCH3 is 1. The van der Waals surface area contributed by atoms with E-state index < -0.39 is 0 Å². The van der Waals surface area contributed by atoms with E-state index in [1.54, 1.807) is 7.11 Å². The van der Waals surface area contributed by atoms with Crippen LogP contribution < -0.4 is 4.74 Å². The molecule has 0 radical (unpaired) electrons. The lowest BCUT2D eigenvalue weighted by Crippen LogP contribution is -2.34. The highest BCUT2D eigenvalue weighted by Gasteiger charge is 2.23. The first kappa shape index (κ1) is 17.0. The van der Waals surface area contributed by atoms with Gasteiger partial charge in [-0.2, -0.15) is 0 Å². The van der Waals surface area contributed by atoms with Crippen molar-refractivity contribution in [3.8, 4) is 5.75 Å². The van der Waals surface area contributed by atoms with Crippen molar-refractivity contribution in [3.05, 3.63) is 41.5 Å². The summed E-state index contributed by atoms with van der Waals surface area (Å²) in [5.74, 6) is 0.856. The molecule has 0 aromatic heterocycles. The largest absolute Gasteiger partial charge is 0.497 e. The average molecular weight is 306 g/mol. The molecule has 1 aliphatic rings. The van der Waals surface area contributed by atoms with Crippen molar-refractivity contribution in [2.45, 2.75) is 52.3 Å². The van der Waals surface area contributed by atoms with Crippen LogP contribution in [0.3, 0.4) is 0 Å². The predicted octanol–water partition coefficient (Wildman–Crippen LogP) is 3.70. The highest BCUT2D eigenvalue weighted by Crippen LogP contribution is 2.19. The fourth-order valence-corrected chi connectivity index (χ4v) is 2.48. The first-order chi connectivity index (χ1) is 10.6. The third kappa shape index (κ3) is 5.44. The molecule has 0 saturated carbocycles. The molecule has 4 nitrogen and oxygen atoms in total. The molecular weight excluding hydrogens is 280 g/mol. The summed E-state index contributed by atoms with van der Waals surface area (Å²) >= 11 is 0. The van der Waals surface area contributed by atoms with E-state index in [-0.39, 0.29) is 18.5 Å². The van der Waals surface area contributed by atoms with Gasteiger partial charge in [-0.15, -0.1) is 0 Å². The second kappa shape index (κ2) is 8.32. The van der Waals surface area contributed by atoms with Gasteiger partial charge in [0.2, 0.25) is 0 Å². The highest BCUT2D eigenvalue weighted by molar-refractivity contribution is 5.26. The van der Waals surface area contributed by atoms with Gasteiger partial charge in [0.1, 0.15) is 5.75 Å². The summed E-state index contributed by atoms with van der Waals surface area (Å²) in [5, 5.41) is 0. The van der Waals surface area contributed by atoms with Gasteiger partial charge in [-0.3, -0.25) is 0 Å². The molecule has 0 N–H and O–H groups in total. The summed E-state index contributed by atoms with van der Waals surface area (Å²) in [6.07, 6.45) is 3.15. The minimum Gasteiger partial charge on any atom is -0.497 e. The average Bonchev–Trinajstić information content (AvgIpc) is 2.47. The Morgan fingerprint density at radius 2 is 1.82 bits per heavy atom. The van der Waals surface area contributed by atoms with Crippen molar-refractivity contribution in [1.29, 1.82) is 0 Å². The van der Waals surface area contributed by atoms with E-state index >= 15 is 0 Å². The van der Waals surface area contributed by atoms with Crippen molar-refractivity contribution in [1.82, 2.24) is 0 Å². The molecule has 22 heavy (non-hydrogen) atoms. The monoisotopic (exact) mass is 306 g/mol. The molecule has 1 aliphatic heterocycles. The lowest BCUT2D eigenvalue weighted by atomic mass is 10.1. The van der Waals surface area contributed by atoms with Crippen LogP contribution in [-0.4, -0.2) is 32.2 Å². The highest BCUT2D eigenvalue weighted by atomic mass is 16.7. The first-order valence-electron chi connectivity index (χ1n) is 7.75. The quantitative estimate of drug-likeness (QED) is 0.751. The molecule has 0 amide bonds. The van der Waals surface area contributed by atoms with Crippen LogP contribution in [0.4, 0.5) is 0 Å². The second-order valence-electron chi connectivity index (χ2n) is 5.85. The van der Waals surface area contributed by atoms with E-state index in [0.29, 0.717) is 13.2 Å². The minimum atomic E-state index is -0.261. The third-order valence-electron chi connectivity index (χ3n) is 3.57. The minimum absolute atomic E-state index is 0.234. The van der Waals surface area contributed by atoms with Crippen LogP contribution >= 0.6 is 0 Å². The summed E-state index contributed by atoms with van der Waals surface area (Å²) in [5.41, 5.74) is 2.24. The van der Waals surface area contributed by atoms with E-state index in [9.17, 15) is 0 Å². The van der Waals surface area contributed by atoms with Gasteiger partial charge < -0.3 is 18.9 Å². The van der Waals surface area contributed by atoms with Gasteiger partial charge in [-0.25, -0.2) is 0 Å². The number of hydrogen-bond acceptors (Lipinski definition) is 4. The van der Waals surface area contributed by atoms with E-state index in [4.69, 9.17) is 18.9 Å². The molecule has 1 saturated heterocycles. The number of benzene rings is 1. The maximum absolute atomic E-state index is 5.75. The van der Waals surface area contributed by atoms with Gasteiger partial charge >= 0.3 is 0 Å². The second-order valence-corrected chi connectivity index (χ2v) is 5.85. The molecule has 2 atom stereocenters. The number of rotatable bonds is 6. The molecule has 4 heteroatoms. The molecule has 122 valence electrons. The van der Waals surface area contributed by atoms with E-state index in [0.717, 1.165) is 23.3 Å². The number of hydrogen-bond donors (Lipinski definition) is 0. The molecule has 2 unspecified atom stereocenters. The molecular formula is C18H26O4. The Bertz CT molecular complexity index is 470. The van der Waals surface area contributed by atoms with Gasteiger partial charge in [0.15, 0.2) is 6.29 Å². The zero-order chi connectivity index (χ0) is 15.9. The van der Waals surface area contributed by atoms with Crippen molar-refractivity contribution in [2.75, 3.05) is 13.7 Å². The Labute approximate surface area is 133 Å². The maximum Gasteiger partial charge on any atom is 0.177 e. The summed E-state index contributed by atoms with van der Waals surface area (Å²) < 4.78 is 22.4. The van der Waals surface area contributed by atoms with Crippen molar-refractivity contribution in [3.63, 3.8) is 0 Å². The molecule has 1 aromatic carbocycles. The van der Waals surface area contributed by atoms with Crippen molar-refractivity contribution < 1.29 is 18.9 Å². The van der Waals surface area contributed by atoms with Crippen LogP contribution in [0.1, 0.15) is 32.8 Å². The Morgan fingerprint density at radius 1 is 1.18 bits per heavy atom. The third-order valence-corrected chi connectivity index (χ3v) is 3.57. The Kier molecular flexibility index (Phi) is 6.43. The Hall–Kier alpha value is -1.36. The predicted molar refractivity (Wildman–Crippen MR) is 85.9 cm³/mol. The lowest BCUT2D eigenvalue weighted by Gasteiger charge is -2.31. The Morgan fingerprint density at radius 3 is 2.41 bits per heavy atom. The van der Waals surface area contributed by atoms with Crippen LogP contribution in [-0.2, 0) is 20.8 Å². The van der Waals surface area contributed by atoms with Crippen LogP contribution in [0.5, 0.6) is 5.75 Å². The molecule has 0 bridgehead atoms. The first-order valence-corrected chi connectivity index (χ1v) is 7.75. The lowest BCUT2D eigenvalue weighted by molar-refractivity contribution is -0.210. The maximum atomic E-state index is 5.75.